The highest BCUT2D eigenvalue weighted by Crippen LogP contribution is 2.25. The highest BCUT2D eigenvalue weighted by molar-refractivity contribution is 5.95. The Labute approximate surface area is 169 Å². The van der Waals surface area contributed by atoms with Crippen molar-refractivity contribution in [2.75, 3.05) is 13.1 Å². The molecule has 7 heteroatoms. The quantitative estimate of drug-likeness (QED) is 0.621. The van der Waals surface area contributed by atoms with Crippen molar-refractivity contribution < 1.29 is 14.3 Å². The lowest BCUT2D eigenvalue weighted by molar-refractivity contribution is -0.140. The molecule has 4 rings (SSSR count). The number of likely N-dealkylation sites (tertiary alicyclic amines) is 1. The van der Waals surface area contributed by atoms with Crippen LogP contribution in [0.5, 0.6) is 0 Å². The molecule has 1 saturated heterocycles. The number of pyridine rings is 1. The molecule has 1 fully saturated rings. The monoisotopic (exact) mass is 392 g/mol. The molecular weight excluding hydrogens is 368 g/mol. The topological polar surface area (TPSA) is 77.3 Å². The van der Waals surface area contributed by atoms with E-state index in [0.717, 1.165) is 18.2 Å². The van der Waals surface area contributed by atoms with Crippen molar-refractivity contribution in [3.05, 3.63) is 59.9 Å². The Morgan fingerprint density at radius 2 is 1.79 bits per heavy atom. The zero-order chi connectivity index (χ0) is 20.4. The minimum atomic E-state index is -0.962. The SMILES string of the molecule is CC(C)n1ncc2cc(C(=O)OC(C(=O)N3CCCC3)c3ccccc3)cnc21. The average molecular weight is 392 g/mol. The Morgan fingerprint density at radius 1 is 1.07 bits per heavy atom. The van der Waals surface area contributed by atoms with Crippen LogP contribution >= 0.6 is 0 Å². The number of carbonyl (C=O) groups is 2. The second-order valence-electron chi connectivity index (χ2n) is 7.55. The summed E-state index contributed by atoms with van der Waals surface area (Å²) in [5.74, 6) is -0.748. The van der Waals surface area contributed by atoms with Gasteiger partial charge < -0.3 is 9.64 Å². The van der Waals surface area contributed by atoms with E-state index in [-0.39, 0.29) is 11.9 Å². The van der Waals surface area contributed by atoms with Gasteiger partial charge in [-0.05, 0) is 32.8 Å². The second kappa shape index (κ2) is 8.03. The highest BCUT2D eigenvalue weighted by Gasteiger charge is 2.31. The Balaban J connectivity index is 1.60. The molecule has 0 N–H and O–H groups in total. The highest BCUT2D eigenvalue weighted by atomic mass is 16.5. The lowest BCUT2D eigenvalue weighted by atomic mass is 10.1. The summed E-state index contributed by atoms with van der Waals surface area (Å²) in [6, 6.07) is 11.0. The van der Waals surface area contributed by atoms with Crippen LogP contribution in [0.25, 0.3) is 11.0 Å². The maximum atomic E-state index is 13.0. The molecular formula is C22H24N4O3. The minimum absolute atomic E-state index is 0.165. The Morgan fingerprint density at radius 3 is 2.48 bits per heavy atom. The van der Waals surface area contributed by atoms with Gasteiger partial charge in [0.05, 0.1) is 11.8 Å². The first kappa shape index (κ1) is 19.1. The molecule has 1 aliphatic rings. The fourth-order valence-electron chi connectivity index (χ4n) is 3.60. The van der Waals surface area contributed by atoms with E-state index in [0.29, 0.717) is 29.9 Å². The van der Waals surface area contributed by atoms with Crippen LogP contribution in [0.15, 0.2) is 48.8 Å². The van der Waals surface area contributed by atoms with Crippen LogP contribution in [0.1, 0.15) is 54.8 Å². The van der Waals surface area contributed by atoms with Crippen LogP contribution in [0.2, 0.25) is 0 Å². The molecule has 1 aromatic carbocycles. The third-order valence-corrected chi connectivity index (χ3v) is 5.13. The van der Waals surface area contributed by atoms with Crippen LogP contribution in [0, 0.1) is 0 Å². The second-order valence-corrected chi connectivity index (χ2v) is 7.55. The van der Waals surface area contributed by atoms with Crippen molar-refractivity contribution in [3.8, 4) is 0 Å². The summed E-state index contributed by atoms with van der Waals surface area (Å²) in [6.45, 7) is 5.43. The lowest BCUT2D eigenvalue weighted by Gasteiger charge is -2.23. The summed E-state index contributed by atoms with van der Waals surface area (Å²) in [5, 5.41) is 5.09. The zero-order valence-electron chi connectivity index (χ0n) is 16.6. The van der Waals surface area contributed by atoms with Gasteiger partial charge in [-0.25, -0.2) is 14.5 Å². The molecule has 2 aromatic heterocycles. The number of fused-ring (bicyclic) bond motifs is 1. The fourth-order valence-corrected chi connectivity index (χ4v) is 3.60. The van der Waals surface area contributed by atoms with Gasteiger partial charge in [0.2, 0.25) is 6.10 Å². The van der Waals surface area contributed by atoms with Crippen molar-refractivity contribution in [2.45, 2.75) is 38.8 Å². The van der Waals surface area contributed by atoms with E-state index in [1.807, 2.05) is 32.0 Å². The largest absolute Gasteiger partial charge is 0.444 e. The first-order valence-corrected chi connectivity index (χ1v) is 9.92. The van der Waals surface area contributed by atoms with Gasteiger partial charge in [-0.2, -0.15) is 5.10 Å². The van der Waals surface area contributed by atoms with Crippen molar-refractivity contribution in [3.63, 3.8) is 0 Å². The first-order chi connectivity index (χ1) is 14.0. The molecule has 3 aromatic rings. The van der Waals surface area contributed by atoms with E-state index in [2.05, 4.69) is 10.1 Å². The Bertz CT molecular complexity index is 1020. The van der Waals surface area contributed by atoms with Crippen LogP contribution < -0.4 is 0 Å². The van der Waals surface area contributed by atoms with E-state index in [1.165, 1.54) is 6.20 Å². The summed E-state index contributed by atoms with van der Waals surface area (Å²) >= 11 is 0. The molecule has 1 aliphatic heterocycles. The molecule has 3 heterocycles. The molecule has 0 saturated carbocycles. The molecule has 7 nitrogen and oxygen atoms in total. The summed E-state index contributed by atoms with van der Waals surface area (Å²) < 4.78 is 7.50. The van der Waals surface area contributed by atoms with Crippen molar-refractivity contribution in [2.24, 2.45) is 0 Å². The summed E-state index contributed by atoms with van der Waals surface area (Å²) in [6.07, 6.45) is 4.15. The molecule has 1 unspecified atom stereocenters. The molecule has 150 valence electrons. The lowest BCUT2D eigenvalue weighted by Crippen LogP contribution is -2.34. The molecule has 0 aliphatic carbocycles. The van der Waals surface area contributed by atoms with E-state index in [1.54, 1.807) is 34.0 Å². The number of rotatable bonds is 5. The molecule has 0 spiro atoms. The first-order valence-electron chi connectivity index (χ1n) is 9.92. The van der Waals surface area contributed by atoms with Gasteiger partial charge in [-0.15, -0.1) is 0 Å². The maximum Gasteiger partial charge on any atom is 0.340 e. The smallest absolute Gasteiger partial charge is 0.340 e. The van der Waals surface area contributed by atoms with E-state index in [9.17, 15) is 9.59 Å². The third-order valence-electron chi connectivity index (χ3n) is 5.13. The molecule has 1 atom stereocenters. The Hall–Kier alpha value is -3.22. The van der Waals surface area contributed by atoms with E-state index >= 15 is 0 Å². The van der Waals surface area contributed by atoms with Gasteiger partial charge in [-0.1, -0.05) is 30.3 Å². The van der Waals surface area contributed by atoms with Crippen LogP contribution in [-0.2, 0) is 9.53 Å². The minimum Gasteiger partial charge on any atom is -0.444 e. The molecule has 0 bridgehead atoms. The Kier molecular flexibility index (Phi) is 5.29. The molecule has 29 heavy (non-hydrogen) atoms. The van der Waals surface area contributed by atoms with Gasteiger partial charge in [0.1, 0.15) is 0 Å². The number of carbonyl (C=O) groups excluding carboxylic acids is 2. The zero-order valence-corrected chi connectivity index (χ0v) is 16.6. The number of nitrogens with zero attached hydrogens (tertiary/aromatic N) is 4. The number of esters is 1. The van der Waals surface area contributed by atoms with Gasteiger partial charge in [0, 0.05) is 36.3 Å². The van der Waals surface area contributed by atoms with Crippen LogP contribution in [0.4, 0.5) is 0 Å². The molecule has 0 radical (unpaired) electrons. The normalized spacial score (nSPS) is 15.1. The predicted octanol–water partition coefficient (Wildman–Crippen LogP) is 3.53. The third kappa shape index (κ3) is 3.85. The van der Waals surface area contributed by atoms with Crippen molar-refractivity contribution in [1.82, 2.24) is 19.7 Å². The fraction of sp³-hybridized carbons (Fsp3) is 0.364. The van der Waals surface area contributed by atoms with E-state index < -0.39 is 12.1 Å². The number of benzene rings is 1. The van der Waals surface area contributed by atoms with Gasteiger partial charge in [-0.3, -0.25) is 4.79 Å². The summed E-state index contributed by atoms with van der Waals surface area (Å²) in [4.78, 5) is 32.0. The van der Waals surface area contributed by atoms with E-state index in [4.69, 9.17) is 4.74 Å². The number of amides is 1. The standard InChI is InChI=1S/C22H24N4O3/c1-15(2)26-20-17(14-24-26)12-18(13-23-20)22(28)29-19(16-8-4-3-5-9-16)21(27)25-10-6-7-11-25/h3-5,8-9,12-15,19H,6-7,10-11H2,1-2H3. The van der Waals surface area contributed by atoms with Crippen LogP contribution in [-0.4, -0.2) is 44.6 Å². The summed E-state index contributed by atoms with van der Waals surface area (Å²) in [5.41, 5.74) is 1.68. The number of hydrogen-bond donors (Lipinski definition) is 0. The number of hydrogen-bond acceptors (Lipinski definition) is 5. The van der Waals surface area contributed by atoms with Crippen molar-refractivity contribution in [1.29, 1.82) is 0 Å². The number of aromatic nitrogens is 3. The average Bonchev–Trinajstić information content (AvgIpc) is 3.41. The maximum absolute atomic E-state index is 13.0. The van der Waals surface area contributed by atoms with Crippen molar-refractivity contribution >= 4 is 22.9 Å². The molecule has 1 amide bonds. The number of ether oxygens (including phenoxy) is 1. The van der Waals surface area contributed by atoms with Gasteiger partial charge in [0.25, 0.3) is 5.91 Å². The summed E-state index contributed by atoms with van der Waals surface area (Å²) in [7, 11) is 0. The van der Waals surface area contributed by atoms with Crippen LogP contribution in [0.3, 0.4) is 0 Å². The predicted molar refractivity (Wildman–Crippen MR) is 108 cm³/mol. The van der Waals surface area contributed by atoms with Gasteiger partial charge in [0.15, 0.2) is 5.65 Å². The van der Waals surface area contributed by atoms with Gasteiger partial charge >= 0.3 is 5.97 Å².